The number of nitrogens with one attached hydrogen (secondary N) is 1. The Balaban J connectivity index is 1.45. The van der Waals surface area contributed by atoms with Gasteiger partial charge in [0.25, 0.3) is 0 Å². The number of ether oxygens (including phenoxy) is 1. The Hall–Kier alpha value is -2.63. The minimum atomic E-state index is -4.71. The topological polar surface area (TPSA) is 120 Å². The number of anilines is 2. The van der Waals surface area contributed by atoms with E-state index in [-0.39, 0.29) is 5.69 Å². The fourth-order valence-electron chi connectivity index (χ4n) is 5.40. The van der Waals surface area contributed by atoms with Gasteiger partial charge in [0.15, 0.2) is 0 Å². The van der Waals surface area contributed by atoms with Crippen LogP contribution in [0.25, 0.3) is 0 Å². The summed E-state index contributed by atoms with van der Waals surface area (Å²) in [5.41, 5.74) is 5.35. The molecule has 34 heavy (non-hydrogen) atoms. The molecule has 2 aromatic rings. The molecule has 2 heterocycles. The van der Waals surface area contributed by atoms with Crippen LogP contribution in [0, 0.1) is 5.21 Å². The lowest BCUT2D eigenvalue weighted by Gasteiger charge is -2.39. The second-order valence-corrected chi connectivity index (χ2v) is 10.7. The molecule has 0 radical (unpaired) electrons. The van der Waals surface area contributed by atoms with E-state index >= 15 is 0 Å². The van der Waals surface area contributed by atoms with Crippen LogP contribution in [0.2, 0.25) is 0 Å². The summed E-state index contributed by atoms with van der Waals surface area (Å²) < 4.78 is 34.7. The van der Waals surface area contributed by atoms with Gasteiger partial charge in [0, 0.05) is 31.6 Å². The molecule has 2 amide bonds. The Morgan fingerprint density at radius 1 is 1.18 bits per heavy atom. The fourth-order valence-corrected chi connectivity index (χ4v) is 6.76. The van der Waals surface area contributed by atoms with Crippen molar-refractivity contribution >= 4 is 27.6 Å². The highest BCUT2D eigenvalue weighted by atomic mass is 32.2. The Labute approximate surface area is 199 Å². The van der Waals surface area contributed by atoms with Gasteiger partial charge in [-0.05, 0) is 80.5 Å². The van der Waals surface area contributed by atoms with Crippen LogP contribution in [0.15, 0.2) is 18.5 Å². The number of hydroxylamine groups is 1. The molecule has 0 atom stereocenters. The zero-order valence-electron chi connectivity index (χ0n) is 19.3. The van der Waals surface area contributed by atoms with Crippen LogP contribution in [0.3, 0.4) is 0 Å². The number of aromatic nitrogens is 2. The molecule has 2 aliphatic carbocycles. The second kappa shape index (κ2) is 9.20. The number of fused-ring (bicyclic) bond motifs is 2. The summed E-state index contributed by atoms with van der Waals surface area (Å²) in [6.07, 6.45) is 9.31. The fraction of sp³-hybridized carbons (Fsp3) is 0.565. The average Bonchev–Trinajstić information content (AvgIpc) is 3.59. The Kier molecular flexibility index (Phi) is 6.26. The minimum absolute atomic E-state index is 0.267. The first kappa shape index (κ1) is 23.1. The van der Waals surface area contributed by atoms with E-state index in [9.17, 15) is 18.4 Å². The Morgan fingerprint density at radius 2 is 1.82 bits per heavy atom. The van der Waals surface area contributed by atoms with Crippen LogP contribution in [0.4, 0.5) is 16.2 Å². The van der Waals surface area contributed by atoms with E-state index in [1.54, 1.807) is 10.9 Å². The van der Waals surface area contributed by atoms with Gasteiger partial charge in [-0.3, -0.25) is 9.15 Å². The molecule has 0 bridgehead atoms. The molecular weight excluding hydrogens is 458 g/mol. The number of hydrogen-bond acceptors (Lipinski definition) is 6. The van der Waals surface area contributed by atoms with Crippen molar-refractivity contribution in [2.45, 2.75) is 70.9 Å². The van der Waals surface area contributed by atoms with Crippen LogP contribution in [-0.2, 0) is 47.2 Å². The van der Waals surface area contributed by atoms with E-state index in [0.29, 0.717) is 38.3 Å². The highest BCUT2D eigenvalue weighted by molar-refractivity contribution is 7.91. The zero-order valence-corrected chi connectivity index (χ0v) is 20.1. The molecule has 1 N–H and O–H groups in total. The van der Waals surface area contributed by atoms with E-state index in [1.165, 1.54) is 17.3 Å². The van der Waals surface area contributed by atoms with Crippen LogP contribution in [0.1, 0.15) is 54.9 Å². The summed E-state index contributed by atoms with van der Waals surface area (Å²) in [4.78, 5) is 13.1. The maximum atomic E-state index is 13.5. The first-order valence-corrected chi connectivity index (χ1v) is 13.4. The molecule has 3 aliphatic rings. The summed E-state index contributed by atoms with van der Waals surface area (Å²) in [6, 6.07) is 0.529. The molecule has 1 fully saturated rings. The van der Waals surface area contributed by atoms with Crippen molar-refractivity contribution in [2.24, 2.45) is 0 Å². The number of benzene rings is 1. The van der Waals surface area contributed by atoms with Gasteiger partial charge < -0.3 is 15.3 Å². The molecule has 184 valence electrons. The average molecular weight is 489 g/mol. The van der Waals surface area contributed by atoms with Crippen LogP contribution >= 0.6 is 0 Å². The van der Waals surface area contributed by atoms with Crippen LogP contribution < -0.4 is 9.62 Å². The van der Waals surface area contributed by atoms with Gasteiger partial charge in [0.05, 0.1) is 17.9 Å². The third-order valence-corrected chi connectivity index (χ3v) is 8.64. The third-order valence-electron chi connectivity index (χ3n) is 7.05. The number of aryl methyl sites for hydroxylation is 3. The van der Waals surface area contributed by atoms with Gasteiger partial charge in [-0.2, -0.15) is 13.5 Å². The molecule has 10 nitrogen and oxygen atoms in total. The minimum Gasteiger partial charge on any atom is -0.740 e. The number of hydrogen-bond donors (Lipinski definition) is 1. The molecule has 1 saturated heterocycles. The number of rotatable bonds is 6. The van der Waals surface area contributed by atoms with Crippen molar-refractivity contribution in [2.75, 3.05) is 22.8 Å². The molecule has 1 aromatic heterocycles. The van der Waals surface area contributed by atoms with Crippen molar-refractivity contribution in [3.63, 3.8) is 0 Å². The van der Waals surface area contributed by atoms with Crippen molar-refractivity contribution in [3.8, 4) is 0 Å². The first-order valence-electron chi connectivity index (χ1n) is 12.0. The van der Waals surface area contributed by atoms with Gasteiger partial charge in [0.2, 0.25) is 0 Å². The van der Waals surface area contributed by atoms with Crippen LogP contribution in [-0.4, -0.2) is 48.0 Å². The standard InChI is InChI=1S/C23H30N5O5S/c1-2-26-15-19(14-24-26)27(18-9-11-33-12-10-18)34(31,32)28(30)23(29)25-22-20-7-3-5-16(20)13-17-6-4-8-21(17)22/h13-15,18H,2-12H2,1H3,(H,25,29)/q-1. The lowest BCUT2D eigenvalue weighted by atomic mass is 9.99. The molecule has 1 aliphatic heterocycles. The van der Waals surface area contributed by atoms with Gasteiger partial charge in [-0.15, -0.1) is 0 Å². The van der Waals surface area contributed by atoms with Crippen molar-refractivity contribution in [1.82, 2.24) is 14.2 Å². The van der Waals surface area contributed by atoms with Gasteiger partial charge in [0.1, 0.15) is 0 Å². The van der Waals surface area contributed by atoms with E-state index in [2.05, 4.69) is 16.5 Å². The van der Waals surface area contributed by atoms with Gasteiger partial charge >= 0.3 is 16.2 Å². The maximum Gasteiger partial charge on any atom is 0.326 e. The van der Waals surface area contributed by atoms with E-state index in [0.717, 1.165) is 54.0 Å². The summed E-state index contributed by atoms with van der Waals surface area (Å²) in [5.74, 6) is 0. The molecule has 11 heteroatoms. The monoisotopic (exact) mass is 488 g/mol. The predicted molar refractivity (Wildman–Crippen MR) is 128 cm³/mol. The third kappa shape index (κ3) is 4.05. The molecule has 0 saturated carbocycles. The SMILES string of the molecule is CCn1cc(N(C2CCOCC2)S(=O)(=O)N([O-])C(=O)Nc2c3c(cc4c2CCC4)CCC3)cn1. The Bertz CT molecular complexity index is 1160. The van der Waals surface area contributed by atoms with Gasteiger partial charge in [-0.25, -0.2) is 9.10 Å². The largest absolute Gasteiger partial charge is 0.740 e. The maximum absolute atomic E-state index is 13.5. The van der Waals surface area contributed by atoms with Crippen molar-refractivity contribution in [3.05, 3.63) is 45.9 Å². The summed E-state index contributed by atoms with van der Waals surface area (Å²) in [7, 11) is -4.71. The molecule has 0 spiro atoms. The number of carbonyl (C=O) groups excluding carboxylic acids is 1. The predicted octanol–water partition coefficient (Wildman–Crippen LogP) is 3.14. The number of nitrogens with zero attached hydrogens (tertiary/aromatic N) is 4. The van der Waals surface area contributed by atoms with Crippen molar-refractivity contribution in [1.29, 1.82) is 0 Å². The summed E-state index contributed by atoms with van der Waals surface area (Å²) >= 11 is 0. The lowest BCUT2D eigenvalue weighted by Crippen LogP contribution is -2.51. The number of carbonyl (C=O) groups is 1. The smallest absolute Gasteiger partial charge is 0.326 e. The van der Waals surface area contributed by atoms with Gasteiger partial charge in [-0.1, -0.05) is 6.07 Å². The second-order valence-electron chi connectivity index (χ2n) is 9.09. The molecule has 0 unspecified atom stereocenters. The molecule has 5 rings (SSSR count). The van der Waals surface area contributed by atoms with E-state index in [4.69, 9.17) is 4.74 Å². The normalized spacial score (nSPS) is 17.9. The van der Waals surface area contributed by atoms with Crippen LogP contribution in [0.5, 0.6) is 0 Å². The zero-order chi connectivity index (χ0) is 23.9. The van der Waals surface area contributed by atoms with Crippen molar-refractivity contribution < 1.29 is 17.9 Å². The van der Waals surface area contributed by atoms with E-state index < -0.39 is 26.8 Å². The summed E-state index contributed by atoms with van der Waals surface area (Å²) in [6.45, 7) is 3.19. The number of urea groups is 1. The first-order chi connectivity index (χ1) is 16.4. The van der Waals surface area contributed by atoms with E-state index in [1.807, 2.05) is 6.92 Å². The summed E-state index contributed by atoms with van der Waals surface area (Å²) in [5, 5.41) is 20.0. The Morgan fingerprint density at radius 3 is 2.41 bits per heavy atom. The lowest BCUT2D eigenvalue weighted by molar-refractivity contribution is 0.0874. The quantitative estimate of drug-likeness (QED) is 0.624. The number of amides is 2. The molecule has 1 aromatic carbocycles. The highest BCUT2D eigenvalue weighted by Crippen LogP contribution is 2.39. The highest BCUT2D eigenvalue weighted by Gasteiger charge is 2.36. The molecular formula is C23H30N5O5S-.